The van der Waals surface area contributed by atoms with Crippen LogP contribution in [0.5, 0.6) is 0 Å². The first-order valence-corrected chi connectivity index (χ1v) is 33.7. The highest BCUT2D eigenvalue weighted by Gasteiger charge is 2.19. The standard InChI is InChI=1S/C73H126O6/c1-4-7-10-13-16-19-22-25-26-27-28-29-30-31-32-33-34-35-36-37-38-39-40-41-42-43-44-45-46-49-51-54-57-60-63-66-72(75)78-69-70(79-73(76)67-64-61-58-55-52-48-24-21-18-15-12-9-6-3)68-77-71(74)65-62-59-56-53-50-47-23-20-17-14-11-8-5-2/h7,9-10,12,16,18-19,21,25-26,28-29,31-32,48,52,70H,4-6,8,11,13-15,17,20,22-24,27,30,33-47,49-51,53-69H2,1-3H3/b10-7-,12-9-,19-16-,21-18-,26-25-,29-28-,32-31-,52-48-. The van der Waals surface area contributed by atoms with Crippen LogP contribution < -0.4 is 0 Å². The monoisotopic (exact) mass is 1100 g/mol. The van der Waals surface area contributed by atoms with Crippen LogP contribution in [0, 0.1) is 0 Å². The van der Waals surface area contributed by atoms with Crippen molar-refractivity contribution in [2.75, 3.05) is 13.2 Å². The van der Waals surface area contributed by atoms with Crippen molar-refractivity contribution >= 4 is 17.9 Å². The van der Waals surface area contributed by atoms with Crippen LogP contribution in [-0.4, -0.2) is 37.2 Å². The van der Waals surface area contributed by atoms with Gasteiger partial charge in [0.1, 0.15) is 13.2 Å². The zero-order valence-corrected chi connectivity index (χ0v) is 52.1. The summed E-state index contributed by atoms with van der Waals surface area (Å²) in [5.74, 6) is -0.899. The van der Waals surface area contributed by atoms with E-state index in [2.05, 4.69) is 118 Å². The second kappa shape index (κ2) is 66.8. The van der Waals surface area contributed by atoms with Gasteiger partial charge in [-0.05, 0) is 96.3 Å². The van der Waals surface area contributed by atoms with Crippen LogP contribution in [0.15, 0.2) is 97.2 Å². The van der Waals surface area contributed by atoms with Gasteiger partial charge in [-0.15, -0.1) is 0 Å². The maximum absolute atomic E-state index is 12.8. The Morgan fingerprint density at radius 1 is 0.266 bits per heavy atom. The predicted molar refractivity (Wildman–Crippen MR) is 344 cm³/mol. The van der Waals surface area contributed by atoms with Gasteiger partial charge in [0.2, 0.25) is 0 Å². The number of carbonyl (C=O) groups is 3. The Labute approximate surface area is 489 Å². The summed E-state index contributed by atoms with van der Waals surface area (Å²) in [5.41, 5.74) is 0. The van der Waals surface area contributed by atoms with Gasteiger partial charge in [-0.3, -0.25) is 14.4 Å². The van der Waals surface area contributed by atoms with Gasteiger partial charge in [-0.2, -0.15) is 0 Å². The zero-order chi connectivity index (χ0) is 57.1. The molecule has 0 bridgehead atoms. The second-order valence-electron chi connectivity index (χ2n) is 22.3. The van der Waals surface area contributed by atoms with Crippen LogP contribution in [0.2, 0.25) is 0 Å². The van der Waals surface area contributed by atoms with E-state index in [4.69, 9.17) is 14.2 Å². The molecule has 6 heteroatoms. The van der Waals surface area contributed by atoms with Crippen molar-refractivity contribution in [3.63, 3.8) is 0 Å². The van der Waals surface area contributed by atoms with Gasteiger partial charge in [0.05, 0.1) is 0 Å². The molecule has 0 spiro atoms. The van der Waals surface area contributed by atoms with Crippen molar-refractivity contribution in [2.24, 2.45) is 0 Å². The van der Waals surface area contributed by atoms with Gasteiger partial charge in [-0.25, -0.2) is 0 Å². The summed E-state index contributed by atoms with van der Waals surface area (Å²) in [4.78, 5) is 38.2. The lowest BCUT2D eigenvalue weighted by Gasteiger charge is -2.18. The molecule has 0 amide bonds. The average Bonchev–Trinajstić information content (AvgIpc) is 3.45. The minimum atomic E-state index is -0.789. The van der Waals surface area contributed by atoms with E-state index in [0.29, 0.717) is 19.3 Å². The summed E-state index contributed by atoms with van der Waals surface area (Å²) in [5, 5.41) is 0. The number of hydrogen-bond acceptors (Lipinski definition) is 6. The summed E-state index contributed by atoms with van der Waals surface area (Å²) < 4.78 is 16.9. The number of rotatable bonds is 61. The van der Waals surface area contributed by atoms with Gasteiger partial charge < -0.3 is 14.2 Å². The largest absolute Gasteiger partial charge is 0.462 e. The normalized spacial score (nSPS) is 12.7. The number of hydrogen-bond donors (Lipinski definition) is 0. The van der Waals surface area contributed by atoms with E-state index in [1.165, 1.54) is 173 Å². The third-order valence-corrected chi connectivity index (χ3v) is 14.6. The third-order valence-electron chi connectivity index (χ3n) is 14.6. The lowest BCUT2D eigenvalue weighted by molar-refractivity contribution is -0.167. The fourth-order valence-electron chi connectivity index (χ4n) is 9.60. The Hall–Kier alpha value is -3.67. The Bertz CT molecular complexity index is 1540. The van der Waals surface area contributed by atoms with Gasteiger partial charge >= 0.3 is 17.9 Å². The van der Waals surface area contributed by atoms with Gasteiger partial charge in [-0.1, -0.05) is 311 Å². The van der Waals surface area contributed by atoms with Crippen molar-refractivity contribution < 1.29 is 28.6 Å². The Balaban J connectivity index is 4.08. The molecule has 0 aliphatic rings. The van der Waals surface area contributed by atoms with E-state index in [1.807, 2.05) is 0 Å². The van der Waals surface area contributed by atoms with E-state index in [1.54, 1.807) is 0 Å². The molecule has 0 aliphatic heterocycles. The number of allylic oxidation sites excluding steroid dienone is 16. The van der Waals surface area contributed by atoms with E-state index in [-0.39, 0.29) is 31.1 Å². The molecular formula is C73H126O6. The molecule has 454 valence electrons. The topological polar surface area (TPSA) is 78.9 Å². The minimum Gasteiger partial charge on any atom is -0.462 e. The molecule has 0 heterocycles. The quantitative estimate of drug-likeness (QED) is 0.0261. The SMILES string of the molecule is CC/C=C\C/C=C\C/C=C\C/C=C\C/C=C\CCCCCCCCCCCCCCCCCCCCCC(=O)OCC(COC(=O)CCCCCCCCCCCCCCC)OC(=O)CCCCC/C=C\C/C=C\C/C=C\CC. The molecule has 6 nitrogen and oxygen atoms in total. The molecule has 1 unspecified atom stereocenters. The van der Waals surface area contributed by atoms with Crippen LogP contribution in [-0.2, 0) is 28.6 Å². The molecule has 0 rings (SSSR count). The molecule has 0 fully saturated rings. The first-order chi connectivity index (χ1) is 39.0. The summed E-state index contributed by atoms with van der Waals surface area (Å²) in [6.45, 7) is 6.42. The average molecular weight is 1100 g/mol. The molecule has 0 saturated heterocycles. The summed E-state index contributed by atoms with van der Waals surface area (Å²) in [6, 6.07) is 0. The molecule has 0 aromatic carbocycles. The van der Waals surface area contributed by atoms with E-state index < -0.39 is 6.10 Å². The van der Waals surface area contributed by atoms with Crippen LogP contribution in [0.25, 0.3) is 0 Å². The summed E-state index contributed by atoms with van der Waals surface area (Å²) >= 11 is 0. The molecule has 0 N–H and O–H groups in total. The maximum atomic E-state index is 12.8. The Kier molecular flexibility index (Phi) is 63.7. The Morgan fingerprint density at radius 2 is 0.494 bits per heavy atom. The van der Waals surface area contributed by atoms with Crippen molar-refractivity contribution in [1.82, 2.24) is 0 Å². The number of unbranched alkanes of at least 4 members (excludes halogenated alkanes) is 34. The molecular weight excluding hydrogens is 973 g/mol. The van der Waals surface area contributed by atoms with E-state index in [9.17, 15) is 14.4 Å². The fraction of sp³-hybridized carbons (Fsp3) is 0.740. The zero-order valence-electron chi connectivity index (χ0n) is 52.1. The molecule has 0 saturated carbocycles. The van der Waals surface area contributed by atoms with Crippen molar-refractivity contribution in [3.05, 3.63) is 97.2 Å². The maximum Gasteiger partial charge on any atom is 0.306 e. The van der Waals surface area contributed by atoms with E-state index in [0.717, 1.165) is 116 Å². The lowest BCUT2D eigenvalue weighted by Crippen LogP contribution is -2.30. The second-order valence-corrected chi connectivity index (χ2v) is 22.3. The van der Waals surface area contributed by atoms with Crippen molar-refractivity contribution in [2.45, 2.75) is 335 Å². The first-order valence-electron chi connectivity index (χ1n) is 33.7. The minimum absolute atomic E-state index is 0.0839. The van der Waals surface area contributed by atoms with Crippen molar-refractivity contribution in [1.29, 1.82) is 0 Å². The molecule has 79 heavy (non-hydrogen) atoms. The van der Waals surface area contributed by atoms with Gasteiger partial charge in [0, 0.05) is 19.3 Å². The Morgan fingerprint density at radius 3 is 0.785 bits per heavy atom. The fourth-order valence-corrected chi connectivity index (χ4v) is 9.60. The van der Waals surface area contributed by atoms with Crippen LogP contribution in [0.4, 0.5) is 0 Å². The summed E-state index contributed by atoms with van der Waals surface area (Å²) in [7, 11) is 0. The third kappa shape index (κ3) is 65.0. The van der Waals surface area contributed by atoms with Crippen molar-refractivity contribution in [3.8, 4) is 0 Å². The summed E-state index contributed by atoms with van der Waals surface area (Å²) in [6.07, 6.45) is 90.2. The molecule has 1 atom stereocenters. The molecule has 0 aliphatic carbocycles. The lowest BCUT2D eigenvalue weighted by atomic mass is 10.0. The van der Waals surface area contributed by atoms with Gasteiger partial charge in [0.25, 0.3) is 0 Å². The molecule has 0 radical (unpaired) electrons. The van der Waals surface area contributed by atoms with Crippen LogP contribution in [0.3, 0.4) is 0 Å². The highest BCUT2D eigenvalue weighted by Crippen LogP contribution is 2.17. The predicted octanol–water partition coefficient (Wildman–Crippen LogP) is 23.2. The number of esters is 3. The number of ether oxygens (including phenoxy) is 3. The first kappa shape index (κ1) is 75.3. The number of carbonyl (C=O) groups excluding carboxylic acids is 3. The highest BCUT2D eigenvalue weighted by atomic mass is 16.6. The van der Waals surface area contributed by atoms with Crippen LogP contribution >= 0.6 is 0 Å². The molecule has 0 aromatic heterocycles. The van der Waals surface area contributed by atoms with Crippen LogP contribution in [0.1, 0.15) is 329 Å². The highest BCUT2D eigenvalue weighted by molar-refractivity contribution is 5.71. The van der Waals surface area contributed by atoms with Gasteiger partial charge in [0.15, 0.2) is 6.10 Å². The molecule has 0 aromatic rings. The van der Waals surface area contributed by atoms with E-state index >= 15 is 0 Å². The smallest absolute Gasteiger partial charge is 0.306 e.